The number of rotatable bonds is 7. The van der Waals surface area contributed by atoms with Crippen LogP contribution in [0.2, 0.25) is 0 Å². The van der Waals surface area contributed by atoms with Crippen LogP contribution in [0.5, 0.6) is 0 Å². The molecule has 1 heterocycles. The van der Waals surface area contributed by atoms with Crippen LogP contribution in [0, 0.1) is 0 Å². The zero-order valence-electron chi connectivity index (χ0n) is 11.5. The Morgan fingerprint density at radius 3 is 3.00 bits per heavy atom. The lowest BCUT2D eigenvalue weighted by atomic mass is 10.2. The Balaban J connectivity index is 1.94. The van der Waals surface area contributed by atoms with E-state index in [2.05, 4.69) is 40.6 Å². The topological polar surface area (TPSA) is 42.7 Å². The predicted octanol–water partition coefficient (Wildman–Crippen LogP) is 3.04. The van der Waals surface area contributed by atoms with Gasteiger partial charge >= 0.3 is 0 Å². The number of hydrogen-bond acceptors (Lipinski definition) is 4. The molecule has 0 saturated heterocycles. The number of aromatic nitrogens is 3. The lowest BCUT2D eigenvalue weighted by molar-refractivity contribution is 0.919. The van der Waals surface area contributed by atoms with E-state index in [9.17, 15) is 0 Å². The maximum absolute atomic E-state index is 4.13. The van der Waals surface area contributed by atoms with Crippen molar-refractivity contribution in [1.82, 2.24) is 14.8 Å². The smallest absolute Gasteiger partial charge is 0.163 e. The first-order valence-corrected chi connectivity index (χ1v) is 7.72. The summed E-state index contributed by atoms with van der Waals surface area (Å²) in [6, 6.07) is 8.32. The molecule has 0 unspecified atom stereocenters. The highest BCUT2D eigenvalue weighted by atomic mass is 32.2. The molecule has 0 saturated carbocycles. The first-order chi connectivity index (χ1) is 9.31. The monoisotopic (exact) mass is 276 g/mol. The van der Waals surface area contributed by atoms with Gasteiger partial charge in [-0.3, -0.25) is 0 Å². The molecule has 0 atom stereocenters. The summed E-state index contributed by atoms with van der Waals surface area (Å²) in [5.74, 6) is 3.30. The van der Waals surface area contributed by atoms with Gasteiger partial charge in [0.25, 0.3) is 0 Å². The molecule has 0 fully saturated rings. The Morgan fingerprint density at radius 1 is 1.37 bits per heavy atom. The number of aryl methyl sites for hydroxylation is 1. The second-order valence-corrected chi connectivity index (χ2v) is 5.72. The average Bonchev–Trinajstić information content (AvgIpc) is 2.85. The highest BCUT2D eigenvalue weighted by Gasteiger charge is 2.04. The highest BCUT2D eigenvalue weighted by molar-refractivity contribution is 7.99. The van der Waals surface area contributed by atoms with E-state index in [4.69, 9.17) is 0 Å². The SMILES string of the molecule is CCSCCCNc1cccc(-c2nncn2C)c1. The summed E-state index contributed by atoms with van der Waals surface area (Å²) >= 11 is 1.98. The van der Waals surface area contributed by atoms with Gasteiger partial charge in [0.2, 0.25) is 0 Å². The second-order valence-electron chi connectivity index (χ2n) is 4.32. The summed E-state index contributed by atoms with van der Waals surface area (Å²) < 4.78 is 1.93. The number of anilines is 1. The average molecular weight is 276 g/mol. The molecule has 4 nitrogen and oxygen atoms in total. The molecule has 0 amide bonds. The summed E-state index contributed by atoms with van der Waals surface area (Å²) in [6.45, 7) is 3.21. The molecule has 0 radical (unpaired) electrons. The van der Waals surface area contributed by atoms with Gasteiger partial charge in [-0.15, -0.1) is 10.2 Å². The maximum Gasteiger partial charge on any atom is 0.163 e. The van der Waals surface area contributed by atoms with Crippen LogP contribution < -0.4 is 5.32 Å². The lowest BCUT2D eigenvalue weighted by Crippen LogP contribution is -2.03. The first kappa shape index (κ1) is 13.9. The third kappa shape index (κ3) is 3.99. The van der Waals surface area contributed by atoms with Gasteiger partial charge in [0.15, 0.2) is 5.82 Å². The molecule has 1 N–H and O–H groups in total. The van der Waals surface area contributed by atoms with Crippen molar-refractivity contribution in [3.8, 4) is 11.4 Å². The number of hydrogen-bond donors (Lipinski definition) is 1. The largest absolute Gasteiger partial charge is 0.385 e. The van der Waals surface area contributed by atoms with Crippen molar-refractivity contribution in [1.29, 1.82) is 0 Å². The quantitative estimate of drug-likeness (QED) is 0.789. The molecule has 2 aromatic rings. The van der Waals surface area contributed by atoms with E-state index < -0.39 is 0 Å². The standard InChI is InChI=1S/C14H20N4S/c1-3-19-9-5-8-15-13-7-4-6-12(10-13)14-17-16-11-18(14)2/h4,6-7,10-11,15H,3,5,8-9H2,1-2H3. The van der Waals surface area contributed by atoms with Gasteiger partial charge in [-0.25, -0.2) is 0 Å². The summed E-state index contributed by atoms with van der Waals surface area (Å²) in [7, 11) is 1.96. The third-order valence-corrected chi connectivity index (χ3v) is 3.82. The van der Waals surface area contributed by atoms with Crippen molar-refractivity contribution in [2.75, 3.05) is 23.4 Å². The van der Waals surface area contributed by atoms with Gasteiger partial charge in [-0.1, -0.05) is 19.1 Å². The van der Waals surface area contributed by atoms with E-state index >= 15 is 0 Å². The van der Waals surface area contributed by atoms with E-state index in [-0.39, 0.29) is 0 Å². The zero-order valence-corrected chi connectivity index (χ0v) is 12.3. The molecule has 19 heavy (non-hydrogen) atoms. The van der Waals surface area contributed by atoms with Crippen molar-refractivity contribution >= 4 is 17.4 Å². The van der Waals surface area contributed by atoms with Crippen LogP contribution in [-0.2, 0) is 7.05 Å². The van der Waals surface area contributed by atoms with Gasteiger partial charge in [0.05, 0.1) is 0 Å². The van der Waals surface area contributed by atoms with Crippen LogP contribution in [0.4, 0.5) is 5.69 Å². The fourth-order valence-corrected chi connectivity index (χ4v) is 2.50. The Morgan fingerprint density at radius 2 is 2.26 bits per heavy atom. The Labute approximate surface area is 118 Å². The summed E-state index contributed by atoms with van der Waals surface area (Å²) in [5.41, 5.74) is 2.23. The van der Waals surface area contributed by atoms with Crippen molar-refractivity contribution in [2.45, 2.75) is 13.3 Å². The Bertz CT molecular complexity index is 510. The first-order valence-electron chi connectivity index (χ1n) is 6.57. The Kier molecular flexibility index (Phi) is 5.27. The van der Waals surface area contributed by atoms with Crippen LogP contribution >= 0.6 is 11.8 Å². The molecule has 102 valence electrons. The van der Waals surface area contributed by atoms with Crippen molar-refractivity contribution in [3.05, 3.63) is 30.6 Å². The summed E-state index contributed by atoms with van der Waals surface area (Å²) in [4.78, 5) is 0. The van der Waals surface area contributed by atoms with E-state index in [1.807, 2.05) is 29.4 Å². The minimum Gasteiger partial charge on any atom is -0.385 e. The number of nitrogens with zero attached hydrogens (tertiary/aromatic N) is 3. The Hall–Kier alpha value is -1.49. The predicted molar refractivity (Wildman–Crippen MR) is 82.5 cm³/mol. The summed E-state index contributed by atoms with van der Waals surface area (Å²) in [5, 5.41) is 11.5. The minimum absolute atomic E-state index is 0.894. The third-order valence-electron chi connectivity index (χ3n) is 2.83. The molecule has 0 aliphatic rings. The van der Waals surface area contributed by atoms with Crippen LogP contribution in [0.15, 0.2) is 30.6 Å². The van der Waals surface area contributed by atoms with Gasteiger partial charge in [-0.2, -0.15) is 11.8 Å². The normalized spacial score (nSPS) is 10.6. The molecule has 1 aromatic heterocycles. The zero-order chi connectivity index (χ0) is 13.5. The molecule has 5 heteroatoms. The fourth-order valence-electron chi connectivity index (χ4n) is 1.86. The van der Waals surface area contributed by atoms with Crippen molar-refractivity contribution < 1.29 is 0 Å². The number of thioether (sulfide) groups is 1. The van der Waals surface area contributed by atoms with Gasteiger partial charge in [0, 0.05) is 24.8 Å². The molecule has 1 aromatic carbocycles. The molecule has 0 aliphatic heterocycles. The minimum atomic E-state index is 0.894. The van der Waals surface area contributed by atoms with Gasteiger partial charge in [0.1, 0.15) is 6.33 Å². The molecule has 0 aliphatic carbocycles. The molecule has 0 bridgehead atoms. The van der Waals surface area contributed by atoms with Crippen LogP contribution in [0.25, 0.3) is 11.4 Å². The van der Waals surface area contributed by atoms with Gasteiger partial charge in [-0.05, 0) is 30.1 Å². The van der Waals surface area contributed by atoms with Crippen molar-refractivity contribution in [3.63, 3.8) is 0 Å². The molecular formula is C14H20N4S. The van der Waals surface area contributed by atoms with Crippen LogP contribution in [-0.4, -0.2) is 32.8 Å². The van der Waals surface area contributed by atoms with E-state index in [0.29, 0.717) is 0 Å². The maximum atomic E-state index is 4.13. The van der Waals surface area contributed by atoms with E-state index in [1.54, 1.807) is 6.33 Å². The second kappa shape index (κ2) is 7.19. The molecule has 2 rings (SSSR count). The lowest BCUT2D eigenvalue weighted by Gasteiger charge is -2.08. The fraction of sp³-hybridized carbons (Fsp3) is 0.429. The van der Waals surface area contributed by atoms with E-state index in [1.165, 1.54) is 17.9 Å². The number of benzene rings is 1. The molecular weight excluding hydrogens is 256 g/mol. The van der Waals surface area contributed by atoms with Crippen LogP contribution in [0.3, 0.4) is 0 Å². The van der Waals surface area contributed by atoms with Crippen LogP contribution in [0.1, 0.15) is 13.3 Å². The molecule has 0 spiro atoms. The summed E-state index contributed by atoms with van der Waals surface area (Å²) in [6.07, 6.45) is 2.91. The highest BCUT2D eigenvalue weighted by Crippen LogP contribution is 2.20. The van der Waals surface area contributed by atoms with Crippen molar-refractivity contribution in [2.24, 2.45) is 7.05 Å². The number of nitrogens with one attached hydrogen (secondary N) is 1. The van der Waals surface area contributed by atoms with Gasteiger partial charge < -0.3 is 9.88 Å². The van der Waals surface area contributed by atoms with E-state index in [0.717, 1.165) is 23.6 Å².